The molecule has 4 rings (SSSR count). The Balaban J connectivity index is 1.61. The van der Waals surface area contributed by atoms with Crippen molar-refractivity contribution in [2.75, 3.05) is 12.8 Å². The molecule has 1 saturated carbocycles. The molecule has 3 aromatic rings. The van der Waals surface area contributed by atoms with Gasteiger partial charge in [-0.05, 0) is 86.1 Å². The van der Waals surface area contributed by atoms with E-state index in [4.69, 9.17) is 16.2 Å². The number of anilines is 1. The largest absolute Gasteiger partial charge is 0.397 e. The summed E-state index contributed by atoms with van der Waals surface area (Å²) in [6, 6.07) is 8.90. The molecule has 1 fully saturated rings. The third-order valence-corrected chi connectivity index (χ3v) is 7.31. The molecule has 2 heterocycles. The maximum atomic E-state index is 14.8. The molecule has 0 bridgehead atoms. The number of nitrogen functional groups attached to an aromatic ring is 1. The third kappa shape index (κ3) is 6.32. The lowest BCUT2D eigenvalue weighted by Crippen LogP contribution is -2.45. The summed E-state index contributed by atoms with van der Waals surface area (Å²) in [5, 5.41) is 2.79. The van der Waals surface area contributed by atoms with Gasteiger partial charge in [-0.1, -0.05) is 6.92 Å². The molecule has 2 aromatic heterocycles. The van der Waals surface area contributed by atoms with Gasteiger partial charge >= 0.3 is 0 Å². The Kier molecular flexibility index (Phi) is 8.72. The van der Waals surface area contributed by atoms with Gasteiger partial charge in [0, 0.05) is 49.1 Å². The zero-order valence-electron chi connectivity index (χ0n) is 22.8. The molecular weight excluding hydrogens is 497 g/mol. The number of hydrogen-bond donors (Lipinski definition) is 3. The molecule has 1 amide bonds. The van der Waals surface area contributed by atoms with E-state index in [2.05, 4.69) is 22.2 Å². The number of nitrogens with zero attached hydrogens (tertiary/aromatic N) is 2. The Labute approximate surface area is 228 Å². The van der Waals surface area contributed by atoms with Gasteiger partial charge in [-0.15, -0.1) is 0 Å². The zero-order valence-corrected chi connectivity index (χ0v) is 22.8. The van der Waals surface area contributed by atoms with E-state index in [0.29, 0.717) is 5.56 Å². The first-order valence-corrected chi connectivity index (χ1v) is 13.2. The number of hydrogen-bond acceptors (Lipinski definition) is 7. The minimum Gasteiger partial charge on any atom is -0.397 e. The van der Waals surface area contributed by atoms with Crippen LogP contribution < -0.4 is 16.8 Å². The van der Waals surface area contributed by atoms with E-state index in [9.17, 15) is 14.0 Å². The Morgan fingerprint density at radius 3 is 2.64 bits per heavy atom. The van der Waals surface area contributed by atoms with E-state index in [1.165, 1.54) is 24.3 Å². The van der Waals surface area contributed by atoms with Gasteiger partial charge in [-0.3, -0.25) is 14.6 Å². The second-order valence-corrected chi connectivity index (χ2v) is 10.6. The molecule has 8 nitrogen and oxygen atoms in total. The van der Waals surface area contributed by atoms with Crippen molar-refractivity contribution in [1.29, 1.82) is 0 Å². The molecule has 0 unspecified atom stereocenters. The second kappa shape index (κ2) is 12.0. The summed E-state index contributed by atoms with van der Waals surface area (Å²) in [7, 11) is 1.69. The number of ketones is 1. The predicted octanol–water partition coefficient (Wildman–Crippen LogP) is 4.28. The molecule has 1 aliphatic carbocycles. The lowest BCUT2D eigenvalue weighted by atomic mass is 9.73. The van der Waals surface area contributed by atoms with Gasteiger partial charge in [0.2, 0.25) is 0 Å². The van der Waals surface area contributed by atoms with Crippen molar-refractivity contribution in [2.24, 2.45) is 11.7 Å². The Hall–Kier alpha value is -3.69. The van der Waals surface area contributed by atoms with Crippen molar-refractivity contribution in [1.82, 2.24) is 15.3 Å². The number of aromatic nitrogens is 2. The van der Waals surface area contributed by atoms with Gasteiger partial charge < -0.3 is 21.5 Å². The van der Waals surface area contributed by atoms with Crippen LogP contribution in [0.2, 0.25) is 0 Å². The highest BCUT2D eigenvalue weighted by molar-refractivity contribution is 6.01. The zero-order chi connectivity index (χ0) is 28.3. The predicted molar refractivity (Wildman–Crippen MR) is 149 cm³/mol. The van der Waals surface area contributed by atoms with Crippen LogP contribution in [0.1, 0.15) is 71.5 Å². The lowest BCUT2D eigenvalue weighted by Gasteiger charge is -2.38. The fourth-order valence-electron chi connectivity index (χ4n) is 5.52. The topological polar surface area (TPSA) is 133 Å². The van der Waals surface area contributed by atoms with Crippen molar-refractivity contribution in [3.05, 3.63) is 77.0 Å². The maximum absolute atomic E-state index is 14.8. The molecule has 1 aromatic carbocycles. The van der Waals surface area contributed by atoms with E-state index < -0.39 is 5.82 Å². The van der Waals surface area contributed by atoms with Crippen LogP contribution in [0.4, 0.5) is 10.1 Å². The molecule has 1 aliphatic rings. The number of amides is 1. The van der Waals surface area contributed by atoms with Crippen LogP contribution in [0.3, 0.4) is 0 Å². The van der Waals surface area contributed by atoms with E-state index >= 15 is 0 Å². The third-order valence-electron chi connectivity index (χ3n) is 7.31. The molecule has 206 valence electrons. The normalized spacial score (nSPS) is 21.1. The number of ether oxygens (including phenoxy) is 1. The van der Waals surface area contributed by atoms with E-state index in [0.717, 1.165) is 24.0 Å². The van der Waals surface area contributed by atoms with Gasteiger partial charge in [0.1, 0.15) is 11.5 Å². The summed E-state index contributed by atoms with van der Waals surface area (Å²) in [5.74, 6) is -0.754. The first-order chi connectivity index (χ1) is 18.6. The molecule has 0 spiro atoms. The molecule has 0 aliphatic heterocycles. The molecular formula is C30H36FN5O3. The van der Waals surface area contributed by atoms with Gasteiger partial charge in [-0.25, -0.2) is 9.37 Å². The number of Topliss-reactive ketones (excluding diaryl/α,β-unsaturated/α-hetero) is 1. The van der Waals surface area contributed by atoms with Crippen LogP contribution in [0.15, 0.2) is 48.8 Å². The Morgan fingerprint density at radius 1 is 1.18 bits per heavy atom. The lowest BCUT2D eigenvalue weighted by molar-refractivity contribution is 0.00970. The number of nitrogens with one attached hydrogen (secondary N) is 1. The monoisotopic (exact) mass is 533 g/mol. The number of methoxy groups -OCH3 is 1. The molecule has 9 heteroatoms. The Morgan fingerprint density at radius 2 is 1.95 bits per heavy atom. The number of benzene rings is 1. The summed E-state index contributed by atoms with van der Waals surface area (Å²) in [6.45, 7) is 5.81. The van der Waals surface area contributed by atoms with Crippen LogP contribution in [-0.4, -0.2) is 47.0 Å². The smallest absolute Gasteiger partial charge is 0.251 e. The molecule has 5 N–H and O–H groups in total. The minimum atomic E-state index is -0.557. The van der Waals surface area contributed by atoms with Crippen LogP contribution in [0.5, 0.6) is 0 Å². The van der Waals surface area contributed by atoms with Crippen molar-refractivity contribution < 1.29 is 18.7 Å². The summed E-state index contributed by atoms with van der Waals surface area (Å²) in [4.78, 5) is 34.7. The van der Waals surface area contributed by atoms with Gasteiger partial charge in [0.15, 0.2) is 5.78 Å². The van der Waals surface area contributed by atoms with Gasteiger partial charge in [-0.2, -0.15) is 0 Å². The fraction of sp³-hybridized carbons (Fsp3) is 0.400. The summed E-state index contributed by atoms with van der Waals surface area (Å²) in [6.07, 6.45) is 5.08. The first kappa shape index (κ1) is 28.3. The highest BCUT2D eigenvalue weighted by Crippen LogP contribution is 2.38. The average molecular weight is 534 g/mol. The fourth-order valence-corrected chi connectivity index (χ4v) is 5.52. The highest BCUT2D eigenvalue weighted by atomic mass is 19.1. The van der Waals surface area contributed by atoms with E-state index in [-0.39, 0.29) is 70.8 Å². The highest BCUT2D eigenvalue weighted by Gasteiger charge is 2.35. The van der Waals surface area contributed by atoms with Crippen molar-refractivity contribution >= 4 is 17.4 Å². The number of rotatable bonds is 8. The summed E-state index contributed by atoms with van der Waals surface area (Å²) in [5.41, 5.74) is 15.2. The van der Waals surface area contributed by atoms with Crippen molar-refractivity contribution in [3.8, 4) is 11.3 Å². The summed E-state index contributed by atoms with van der Waals surface area (Å²) < 4.78 is 20.4. The average Bonchev–Trinajstić information content (AvgIpc) is 2.89. The van der Waals surface area contributed by atoms with Crippen LogP contribution >= 0.6 is 0 Å². The molecule has 4 atom stereocenters. The number of nitrogens with two attached hydrogens (primary N) is 2. The molecule has 39 heavy (non-hydrogen) atoms. The van der Waals surface area contributed by atoms with E-state index in [1.54, 1.807) is 25.6 Å². The van der Waals surface area contributed by atoms with Crippen molar-refractivity contribution in [2.45, 2.75) is 64.1 Å². The van der Waals surface area contributed by atoms with Crippen LogP contribution in [-0.2, 0) is 11.2 Å². The SMILES string of the molecule is CO[C@H]1[C@H](N)C[C@H](c2ccncc2CC(=O)c2nc(-c3cc(C(=O)NC(C)C)ccc3F)ccc2N)C[C@@H]1C. The van der Waals surface area contributed by atoms with Crippen LogP contribution in [0, 0.1) is 11.7 Å². The maximum Gasteiger partial charge on any atom is 0.251 e. The summed E-state index contributed by atoms with van der Waals surface area (Å²) >= 11 is 0. The van der Waals surface area contributed by atoms with E-state index in [1.807, 2.05) is 19.9 Å². The van der Waals surface area contributed by atoms with Crippen LogP contribution in [0.25, 0.3) is 11.3 Å². The van der Waals surface area contributed by atoms with Gasteiger partial charge in [0.05, 0.1) is 17.5 Å². The first-order valence-electron chi connectivity index (χ1n) is 13.2. The molecule has 0 radical (unpaired) electrons. The van der Waals surface area contributed by atoms with Gasteiger partial charge in [0.25, 0.3) is 5.91 Å². The number of halogens is 1. The quantitative estimate of drug-likeness (QED) is 0.368. The van der Waals surface area contributed by atoms with Crippen molar-refractivity contribution in [3.63, 3.8) is 0 Å². The minimum absolute atomic E-state index is 0.00439. The number of pyridine rings is 2. The number of carbonyl (C=O) groups is 2. The standard InChI is InChI=1S/C30H36FN5O3/c1-16(2)35-30(38)18-5-6-23(31)22(12-18)26-8-7-24(32)28(36-26)27(37)14-20-15-34-10-9-21(20)19-11-17(3)29(39-4)25(33)13-19/h5-10,12,15-17,19,25,29H,11,13-14,32-33H2,1-4H3,(H,35,38)/t17-,19+,25+,29+/m0/s1. The molecule has 0 saturated heterocycles. The number of carbonyl (C=O) groups excluding carboxylic acids is 2. The second-order valence-electron chi connectivity index (χ2n) is 10.6. The Bertz CT molecular complexity index is 1350.